The quantitative estimate of drug-likeness (QED) is 0.670. The molecule has 3 aromatic rings. The molecule has 4 heteroatoms. The van der Waals surface area contributed by atoms with Gasteiger partial charge < -0.3 is 4.57 Å². The van der Waals surface area contributed by atoms with Crippen LogP contribution in [0.5, 0.6) is 0 Å². The van der Waals surface area contributed by atoms with Crippen LogP contribution in [0.1, 0.15) is 16.7 Å². The van der Waals surface area contributed by atoms with E-state index < -0.39 is 0 Å². The van der Waals surface area contributed by atoms with Gasteiger partial charge in [0.05, 0.1) is 0 Å². The number of aromatic nitrogens is 3. The van der Waals surface area contributed by atoms with Crippen LogP contribution in [0.4, 0.5) is 0 Å². The fraction of sp³-hybridized carbons (Fsp3) is 0.222. The SMILES string of the molecule is Cc1cccc(-c2nnc(SCc3ccccc3C)n2C)c1. The molecule has 0 aliphatic carbocycles. The van der Waals surface area contributed by atoms with E-state index in [2.05, 4.69) is 77.1 Å². The lowest BCUT2D eigenvalue weighted by Gasteiger charge is -2.06. The predicted molar refractivity (Wildman–Crippen MR) is 91.9 cm³/mol. The smallest absolute Gasteiger partial charge is 0.191 e. The van der Waals surface area contributed by atoms with Gasteiger partial charge in [0, 0.05) is 18.4 Å². The van der Waals surface area contributed by atoms with Crippen LogP contribution in [0.2, 0.25) is 0 Å². The summed E-state index contributed by atoms with van der Waals surface area (Å²) in [7, 11) is 2.03. The van der Waals surface area contributed by atoms with Crippen molar-refractivity contribution in [1.29, 1.82) is 0 Å². The van der Waals surface area contributed by atoms with E-state index in [0.29, 0.717) is 0 Å². The van der Waals surface area contributed by atoms with Crippen LogP contribution in [0.3, 0.4) is 0 Å². The zero-order chi connectivity index (χ0) is 15.5. The predicted octanol–water partition coefficient (Wildman–Crippen LogP) is 4.39. The van der Waals surface area contributed by atoms with E-state index in [9.17, 15) is 0 Å². The maximum atomic E-state index is 4.35. The second-order valence-corrected chi connectivity index (χ2v) is 6.39. The Kier molecular flexibility index (Phi) is 4.29. The lowest BCUT2D eigenvalue weighted by Crippen LogP contribution is -1.95. The van der Waals surface area contributed by atoms with Crippen molar-refractivity contribution in [3.05, 3.63) is 65.2 Å². The third-order valence-electron chi connectivity index (χ3n) is 3.73. The van der Waals surface area contributed by atoms with Crippen LogP contribution in [0.25, 0.3) is 11.4 Å². The van der Waals surface area contributed by atoms with E-state index in [4.69, 9.17) is 0 Å². The molecule has 22 heavy (non-hydrogen) atoms. The molecule has 0 radical (unpaired) electrons. The Morgan fingerprint density at radius 3 is 2.59 bits per heavy atom. The second kappa shape index (κ2) is 6.36. The first-order chi connectivity index (χ1) is 10.6. The summed E-state index contributed by atoms with van der Waals surface area (Å²) >= 11 is 1.72. The van der Waals surface area contributed by atoms with Crippen LogP contribution < -0.4 is 0 Å². The fourth-order valence-corrected chi connectivity index (χ4v) is 3.38. The van der Waals surface area contributed by atoms with Crippen LogP contribution in [-0.4, -0.2) is 14.8 Å². The summed E-state index contributed by atoms with van der Waals surface area (Å²) in [5.41, 5.74) is 5.00. The molecule has 0 bridgehead atoms. The minimum Gasteiger partial charge on any atom is -0.305 e. The summed E-state index contributed by atoms with van der Waals surface area (Å²) < 4.78 is 2.07. The number of hydrogen-bond acceptors (Lipinski definition) is 3. The van der Waals surface area contributed by atoms with Crippen LogP contribution in [-0.2, 0) is 12.8 Å². The molecular weight excluding hydrogens is 290 g/mol. The normalized spacial score (nSPS) is 10.9. The molecule has 0 fully saturated rings. The largest absolute Gasteiger partial charge is 0.305 e. The Hall–Kier alpha value is -2.07. The molecule has 0 aliphatic rings. The van der Waals surface area contributed by atoms with E-state index in [1.165, 1.54) is 16.7 Å². The van der Waals surface area contributed by atoms with Gasteiger partial charge in [-0.05, 0) is 31.0 Å². The van der Waals surface area contributed by atoms with E-state index in [0.717, 1.165) is 22.3 Å². The molecule has 0 N–H and O–H groups in total. The molecule has 112 valence electrons. The van der Waals surface area contributed by atoms with Crippen molar-refractivity contribution >= 4 is 11.8 Å². The Labute approximate surface area is 135 Å². The summed E-state index contributed by atoms with van der Waals surface area (Å²) in [6.07, 6.45) is 0. The first kappa shape index (κ1) is 14.9. The average Bonchev–Trinajstić information content (AvgIpc) is 2.87. The van der Waals surface area contributed by atoms with Crippen molar-refractivity contribution < 1.29 is 0 Å². The van der Waals surface area contributed by atoms with Gasteiger partial charge in [0.25, 0.3) is 0 Å². The fourth-order valence-electron chi connectivity index (χ4n) is 2.39. The summed E-state index contributed by atoms with van der Waals surface area (Å²) in [5, 5.41) is 9.64. The van der Waals surface area contributed by atoms with Gasteiger partial charge in [0.2, 0.25) is 0 Å². The number of aryl methyl sites for hydroxylation is 2. The van der Waals surface area contributed by atoms with Gasteiger partial charge in [-0.1, -0.05) is 59.8 Å². The molecule has 0 atom stereocenters. The zero-order valence-corrected chi connectivity index (χ0v) is 13.9. The van der Waals surface area contributed by atoms with Gasteiger partial charge in [-0.25, -0.2) is 0 Å². The van der Waals surface area contributed by atoms with Gasteiger partial charge in [-0.3, -0.25) is 0 Å². The molecule has 1 aromatic heterocycles. The van der Waals surface area contributed by atoms with E-state index >= 15 is 0 Å². The van der Waals surface area contributed by atoms with Gasteiger partial charge in [0.1, 0.15) is 0 Å². The van der Waals surface area contributed by atoms with Crippen molar-refractivity contribution in [2.24, 2.45) is 7.05 Å². The van der Waals surface area contributed by atoms with Crippen molar-refractivity contribution in [2.45, 2.75) is 24.8 Å². The highest BCUT2D eigenvalue weighted by Crippen LogP contribution is 2.26. The third kappa shape index (κ3) is 3.07. The molecule has 0 aliphatic heterocycles. The molecule has 0 unspecified atom stereocenters. The standard InChI is InChI=1S/C18H19N3S/c1-13-7-6-10-15(11-13)17-19-20-18(21(17)3)22-12-16-9-5-4-8-14(16)2/h4-11H,12H2,1-3H3. The lowest BCUT2D eigenvalue weighted by molar-refractivity contribution is 0.793. The van der Waals surface area contributed by atoms with Crippen molar-refractivity contribution in [1.82, 2.24) is 14.8 Å². The highest BCUT2D eigenvalue weighted by Gasteiger charge is 2.11. The number of hydrogen-bond donors (Lipinski definition) is 0. The molecular formula is C18H19N3S. The molecule has 0 saturated carbocycles. The highest BCUT2D eigenvalue weighted by atomic mass is 32.2. The maximum absolute atomic E-state index is 4.35. The Balaban J connectivity index is 1.81. The number of benzene rings is 2. The summed E-state index contributed by atoms with van der Waals surface area (Å²) in [6.45, 7) is 4.23. The topological polar surface area (TPSA) is 30.7 Å². The number of rotatable bonds is 4. The number of thioether (sulfide) groups is 1. The van der Waals surface area contributed by atoms with Crippen molar-refractivity contribution in [2.75, 3.05) is 0 Å². The molecule has 2 aromatic carbocycles. The molecule has 1 heterocycles. The first-order valence-electron chi connectivity index (χ1n) is 7.29. The Morgan fingerprint density at radius 2 is 1.82 bits per heavy atom. The number of nitrogens with zero attached hydrogens (tertiary/aromatic N) is 3. The Bertz CT molecular complexity index is 793. The maximum Gasteiger partial charge on any atom is 0.191 e. The third-order valence-corrected chi connectivity index (χ3v) is 4.80. The minimum absolute atomic E-state index is 0.909. The molecule has 0 amide bonds. The van der Waals surface area contributed by atoms with Crippen molar-refractivity contribution in [3.63, 3.8) is 0 Å². The summed E-state index contributed by atoms with van der Waals surface area (Å²) in [4.78, 5) is 0. The highest BCUT2D eigenvalue weighted by molar-refractivity contribution is 7.98. The molecule has 3 nitrogen and oxygen atoms in total. The monoisotopic (exact) mass is 309 g/mol. The van der Waals surface area contributed by atoms with E-state index in [-0.39, 0.29) is 0 Å². The van der Waals surface area contributed by atoms with Gasteiger partial charge in [-0.15, -0.1) is 10.2 Å². The average molecular weight is 309 g/mol. The minimum atomic E-state index is 0.909. The molecule has 3 rings (SSSR count). The van der Waals surface area contributed by atoms with E-state index in [1.807, 2.05) is 7.05 Å². The van der Waals surface area contributed by atoms with Crippen LogP contribution in [0, 0.1) is 13.8 Å². The lowest BCUT2D eigenvalue weighted by atomic mass is 10.1. The Morgan fingerprint density at radius 1 is 1.00 bits per heavy atom. The second-order valence-electron chi connectivity index (χ2n) is 5.45. The van der Waals surface area contributed by atoms with E-state index in [1.54, 1.807) is 11.8 Å². The summed E-state index contributed by atoms with van der Waals surface area (Å²) in [5.74, 6) is 1.82. The zero-order valence-electron chi connectivity index (χ0n) is 13.1. The van der Waals surface area contributed by atoms with Gasteiger partial charge in [0.15, 0.2) is 11.0 Å². The van der Waals surface area contributed by atoms with Gasteiger partial charge >= 0.3 is 0 Å². The van der Waals surface area contributed by atoms with Crippen molar-refractivity contribution in [3.8, 4) is 11.4 Å². The van der Waals surface area contributed by atoms with Crippen LogP contribution >= 0.6 is 11.8 Å². The summed E-state index contributed by atoms with van der Waals surface area (Å²) in [6, 6.07) is 16.8. The molecule has 0 saturated heterocycles. The van der Waals surface area contributed by atoms with Crippen LogP contribution in [0.15, 0.2) is 53.7 Å². The first-order valence-corrected chi connectivity index (χ1v) is 8.27. The van der Waals surface area contributed by atoms with Gasteiger partial charge in [-0.2, -0.15) is 0 Å². The molecule has 0 spiro atoms.